The van der Waals surface area contributed by atoms with Crippen molar-refractivity contribution in [2.75, 3.05) is 19.6 Å². The van der Waals surface area contributed by atoms with E-state index in [0.29, 0.717) is 0 Å². The van der Waals surface area contributed by atoms with Gasteiger partial charge in [0.05, 0.1) is 0 Å². The summed E-state index contributed by atoms with van der Waals surface area (Å²) < 4.78 is 2.32. The first-order chi connectivity index (χ1) is 13.8. The zero-order valence-corrected chi connectivity index (χ0v) is 20.2. The van der Waals surface area contributed by atoms with Gasteiger partial charge in [0.15, 0.2) is 5.96 Å². The maximum absolute atomic E-state index is 6.05. The summed E-state index contributed by atoms with van der Waals surface area (Å²) in [4.78, 5) is 4.70. The van der Waals surface area contributed by atoms with Gasteiger partial charge in [0.25, 0.3) is 0 Å². The Bertz CT molecular complexity index is 776. The second-order valence-corrected chi connectivity index (χ2v) is 7.60. The predicted octanol–water partition coefficient (Wildman–Crippen LogP) is 4.01. The minimum Gasteiger partial charge on any atom is -0.357 e. The summed E-state index contributed by atoms with van der Waals surface area (Å²) in [6.45, 7) is 5.59. The summed E-state index contributed by atoms with van der Waals surface area (Å²) >= 11 is 6.05. The minimum absolute atomic E-state index is 0. The molecule has 2 aromatic rings. The van der Waals surface area contributed by atoms with Crippen LogP contribution in [0.15, 0.2) is 29.3 Å². The second kappa shape index (κ2) is 13.1. The van der Waals surface area contributed by atoms with Crippen LogP contribution < -0.4 is 10.6 Å². The average Bonchev–Trinajstić information content (AvgIpc) is 2.91. The SMILES string of the molecule is CCNC(=NCCCc1nnc2n1CCCCC2)NCCc1cccc(Cl)c1.I. The molecule has 0 radical (unpaired) electrons. The van der Waals surface area contributed by atoms with Gasteiger partial charge in [0, 0.05) is 44.0 Å². The van der Waals surface area contributed by atoms with E-state index in [4.69, 9.17) is 16.6 Å². The number of aromatic nitrogens is 3. The molecule has 2 heterocycles. The third-order valence-electron chi connectivity index (χ3n) is 4.95. The van der Waals surface area contributed by atoms with E-state index < -0.39 is 0 Å². The lowest BCUT2D eigenvalue weighted by Gasteiger charge is -2.11. The van der Waals surface area contributed by atoms with Crippen molar-refractivity contribution in [3.8, 4) is 0 Å². The molecule has 1 aromatic carbocycles. The maximum Gasteiger partial charge on any atom is 0.191 e. The Kier molecular flexibility index (Phi) is 10.8. The number of benzene rings is 1. The normalized spacial score (nSPS) is 13.9. The fourth-order valence-corrected chi connectivity index (χ4v) is 3.73. The molecule has 0 amide bonds. The number of rotatable bonds is 8. The van der Waals surface area contributed by atoms with E-state index in [2.05, 4.69) is 38.4 Å². The lowest BCUT2D eigenvalue weighted by Crippen LogP contribution is -2.38. The first kappa shape index (κ1) is 23.9. The van der Waals surface area contributed by atoms with E-state index in [0.717, 1.165) is 74.5 Å². The summed E-state index contributed by atoms with van der Waals surface area (Å²) in [7, 11) is 0. The number of aliphatic imine (C=N–C) groups is 1. The van der Waals surface area contributed by atoms with Crippen LogP contribution in [0.2, 0.25) is 5.02 Å². The topological polar surface area (TPSA) is 67.1 Å². The van der Waals surface area contributed by atoms with Gasteiger partial charge in [-0.2, -0.15) is 0 Å². The van der Waals surface area contributed by atoms with Gasteiger partial charge in [-0.05, 0) is 50.3 Å². The van der Waals surface area contributed by atoms with Crippen molar-refractivity contribution in [2.45, 2.75) is 58.4 Å². The van der Waals surface area contributed by atoms with E-state index in [1.165, 1.54) is 24.8 Å². The Morgan fingerprint density at radius 3 is 2.90 bits per heavy atom. The molecule has 0 unspecified atom stereocenters. The number of nitrogens with zero attached hydrogens (tertiary/aromatic N) is 4. The molecule has 2 N–H and O–H groups in total. The number of guanidine groups is 1. The van der Waals surface area contributed by atoms with Gasteiger partial charge in [0.2, 0.25) is 0 Å². The highest BCUT2D eigenvalue weighted by atomic mass is 127. The van der Waals surface area contributed by atoms with E-state index >= 15 is 0 Å². The Hall–Kier alpha value is -1.35. The molecule has 1 aromatic heterocycles. The number of hydrogen-bond acceptors (Lipinski definition) is 3. The van der Waals surface area contributed by atoms with Crippen LogP contribution >= 0.6 is 35.6 Å². The van der Waals surface area contributed by atoms with Crippen LogP contribution in [0.4, 0.5) is 0 Å². The highest BCUT2D eigenvalue weighted by Gasteiger charge is 2.13. The summed E-state index contributed by atoms with van der Waals surface area (Å²) in [5.74, 6) is 3.14. The smallest absolute Gasteiger partial charge is 0.191 e. The molecular weight excluding hydrogens is 499 g/mol. The quantitative estimate of drug-likeness (QED) is 0.234. The van der Waals surface area contributed by atoms with E-state index in [1.54, 1.807) is 0 Å². The van der Waals surface area contributed by atoms with Crippen LogP contribution in [-0.2, 0) is 25.8 Å². The molecule has 1 aliphatic heterocycles. The van der Waals surface area contributed by atoms with Crippen LogP contribution in [-0.4, -0.2) is 40.4 Å². The van der Waals surface area contributed by atoms with E-state index in [9.17, 15) is 0 Å². The molecule has 0 fully saturated rings. The summed E-state index contributed by atoms with van der Waals surface area (Å²) in [6.07, 6.45) is 7.64. The molecular formula is C21H32ClIN6. The number of nitrogens with one attached hydrogen (secondary N) is 2. The van der Waals surface area contributed by atoms with Gasteiger partial charge < -0.3 is 15.2 Å². The van der Waals surface area contributed by atoms with Crippen molar-refractivity contribution in [1.29, 1.82) is 0 Å². The van der Waals surface area contributed by atoms with Crippen LogP contribution in [0.25, 0.3) is 0 Å². The van der Waals surface area contributed by atoms with Crippen molar-refractivity contribution in [1.82, 2.24) is 25.4 Å². The van der Waals surface area contributed by atoms with E-state index in [-0.39, 0.29) is 24.0 Å². The number of fused-ring (bicyclic) bond motifs is 1. The zero-order valence-electron chi connectivity index (χ0n) is 17.2. The summed E-state index contributed by atoms with van der Waals surface area (Å²) in [5.41, 5.74) is 1.23. The second-order valence-electron chi connectivity index (χ2n) is 7.17. The Balaban J connectivity index is 0.00000300. The third-order valence-corrected chi connectivity index (χ3v) is 5.19. The molecule has 160 valence electrons. The van der Waals surface area contributed by atoms with Crippen LogP contribution in [0.3, 0.4) is 0 Å². The van der Waals surface area contributed by atoms with Gasteiger partial charge >= 0.3 is 0 Å². The van der Waals surface area contributed by atoms with Crippen molar-refractivity contribution in [3.63, 3.8) is 0 Å². The fourth-order valence-electron chi connectivity index (χ4n) is 3.52. The van der Waals surface area contributed by atoms with Gasteiger partial charge in [-0.25, -0.2) is 0 Å². The van der Waals surface area contributed by atoms with Crippen LogP contribution in [0.5, 0.6) is 0 Å². The van der Waals surface area contributed by atoms with Crippen molar-refractivity contribution >= 4 is 41.5 Å². The molecule has 1 aliphatic rings. The van der Waals surface area contributed by atoms with E-state index in [1.807, 2.05) is 18.2 Å². The molecule has 0 spiro atoms. The molecule has 0 bridgehead atoms. The van der Waals surface area contributed by atoms with Crippen LogP contribution in [0.1, 0.15) is 49.8 Å². The molecule has 29 heavy (non-hydrogen) atoms. The van der Waals surface area contributed by atoms with Crippen molar-refractivity contribution < 1.29 is 0 Å². The Morgan fingerprint density at radius 2 is 2.07 bits per heavy atom. The monoisotopic (exact) mass is 530 g/mol. The minimum atomic E-state index is 0. The van der Waals surface area contributed by atoms with Gasteiger partial charge in [-0.1, -0.05) is 30.2 Å². The van der Waals surface area contributed by atoms with Crippen molar-refractivity contribution in [3.05, 3.63) is 46.5 Å². The third kappa shape index (κ3) is 7.77. The Labute approximate surface area is 195 Å². The van der Waals surface area contributed by atoms with Gasteiger partial charge in [-0.15, -0.1) is 34.2 Å². The predicted molar refractivity (Wildman–Crippen MR) is 130 cm³/mol. The molecule has 6 nitrogen and oxygen atoms in total. The molecule has 0 saturated heterocycles. The molecule has 0 saturated carbocycles. The molecule has 0 aliphatic carbocycles. The first-order valence-corrected chi connectivity index (χ1v) is 10.8. The lowest BCUT2D eigenvalue weighted by atomic mass is 10.1. The number of hydrogen-bond donors (Lipinski definition) is 2. The average molecular weight is 531 g/mol. The molecule has 8 heteroatoms. The summed E-state index contributed by atoms with van der Waals surface area (Å²) in [5, 5.41) is 16.3. The Morgan fingerprint density at radius 1 is 1.17 bits per heavy atom. The summed E-state index contributed by atoms with van der Waals surface area (Å²) in [6, 6.07) is 7.99. The maximum atomic E-state index is 6.05. The standard InChI is InChI=1S/C21H31ClN6.HI/c1-2-23-21(25-14-12-17-8-6-9-18(22)16-17)24-13-7-11-20-27-26-19-10-4-3-5-15-28(19)20;/h6,8-9,16H,2-5,7,10-15H2,1H3,(H2,23,24,25);1H. The highest BCUT2D eigenvalue weighted by Crippen LogP contribution is 2.15. The number of halogens is 2. The molecule has 3 rings (SSSR count). The first-order valence-electron chi connectivity index (χ1n) is 10.4. The number of aryl methyl sites for hydroxylation is 2. The van der Waals surface area contributed by atoms with Crippen LogP contribution in [0, 0.1) is 0 Å². The molecule has 0 atom stereocenters. The fraction of sp³-hybridized carbons (Fsp3) is 0.571. The largest absolute Gasteiger partial charge is 0.357 e. The zero-order chi connectivity index (χ0) is 19.6. The van der Waals surface area contributed by atoms with Crippen molar-refractivity contribution in [2.24, 2.45) is 4.99 Å². The van der Waals surface area contributed by atoms with Gasteiger partial charge in [-0.3, -0.25) is 4.99 Å². The van der Waals surface area contributed by atoms with Gasteiger partial charge in [0.1, 0.15) is 11.6 Å². The highest BCUT2D eigenvalue weighted by molar-refractivity contribution is 14.0. The lowest BCUT2D eigenvalue weighted by molar-refractivity contribution is 0.597.